The Balaban J connectivity index is 2.05. The van der Waals surface area contributed by atoms with Crippen LogP contribution in [0.3, 0.4) is 0 Å². The standard InChI is InChI=1S/C17H14F3NO5/c18-17(19,20)26-13-7-3-11(4-8-13)15(23)21-14(16(24)25)9-10-1-5-12(22)6-2-10/h1-8,14,22H,9H2,(H,21,23)(H,24,25). The molecule has 0 heterocycles. The topological polar surface area (TPSA) is 95.9 Å². The number of rotatable bonds is 6. The molecular formula is C17H14F3NO5. The number of phenols is 1. The highest BCUT2D eigenvalue weighted by atomic mass is 19.4. The molecule has 138 valence electrons. The number of ether oxygens (including phenoxy) is 1. The summed E-state index contributed by atoms with van der Waals surface area (Å²) in [7, 11) is 0. The lowest BCUT2D eigenvalue weighted by molar-refractivity contribution is -0.274. The van der Waals surface area contributed by atoms with Crippen LogP contribution in [0.5, 0.6) is 11.5 Å². The van der Waals surface area contributed by atoms with Gasteiger partial charge in [0.2, 0.25) is 0 Å². The van der Waals surface area contributed by atoms with Crippen LogP contribution in [0.2, 0.25) is 0 Å². The maximum absolute atomic E-state index is 12.1. The van der Waals surface area contributed by atoms with Crippen molar-refractivity contribution in [1.82, 2.24) is 5.32 Å². The van der Waals surface area contributed by atoms with E-state index < -0.39 is 30.0 Å². The molecule has 9 heteroatoms. The number of hydrogen-bond acceptors (Lipinski definition) is 4. The number of halogens is 3. The van der Waals surface area contributed by atoms with Gasteiger partial charge < -0.3 is 20.3 Å². The molecule has 0 aromatic heterocycles. The summed E-state index contributed by atoms with van der Waals surface area (Å²) in [5, 5.41) is 20.8. The molecule has 0 radical (unpaired) electrons. The summed E-state index contributed by atoms with van der Waals surface area (Å²) in [6.45, 7) is 0. The first-order chi connectivity index (χ1) is 12.1. The summed E-state index contributed by atoms with van der Waals surface area (Å²) in [6, 6.07) is 8.65. The Morgan fingerprint density at radius 1 is 1.04 bits per heavy atom. The van der Waals surface area contributed by atoms with Gasteiger partial charge in [-0.3, -0.25) is 4.79 Å². The minimum atomic E-state index is -4.84. The highest BCUT2D eigenvalue weighted by Crippen LogP contribution is 2.22. The quantitative estimate of drug-likeness (QED) is 0.728. The minimum absolute atomic E-state index is 0.0171. The van der Waals surface area contributed by atoms with Crippen LogP contribution in [-0.4, -0.2) is 34.5 Å². The molecule has 0 aliphatic heterocycles. The van der Waals surface area contributed by atoms with Crippen LogP contribution in [0.25, 0.3) is 0 Å². The van der Waals surface area contributed by atoms with Crippen molar-refractivity contribution in [2.75, 3.05) is 0 Å². The van der Waals surface area contributed by atoms with Gasteiger partial charge in [0.15, 0.2) is 0 Å². The Hall–Kier alpha value is -3.23. The van der Waals surface area contributed by atoms with Crippen LogP contribution >= 0.6 is 0 Å². The number of nitrogens with one attached hydrogen (secondary N) is 1. The van der Waals surface area contributed by atoms with E-state index in [4.69, 9.17) is 0 Å². The summed E-state index contributed by atoms with van der Waals surface area (Å²) in [4.78, 5) is 23.5. The molecular weight excluding hydrogens is 355 g/mol. The second kappa shape index (κ2) is 7.77. The molecule has 0 spiro atoms. The second-order valence-electron chi connectivity index (χ2n) is 5.31. The van der Waals surface area contributed by atoms with Gasteiger partial charge in [-0.2, -0.15) is 0 Å². The first-order valence-electron chi connectivity index (χ1n) is 7.31. The van der Waals surface area contributed by atoms with Gasteiger partial charge in [-0.25, -0.2) is 4.79 Å². The van der Waals surface area contributed by atoms with E-state index in [9.17, 15) is 33.0 Å². The molecule has 0 aliphatic carbocycles. The summed E-state index contributed by atoms with van der Waals surface area (Å²) >= 11 is 0. The Labute approximate surface area is 145 Å². The number of hydrogen-bond donors (Lipinski definition) is 3. The van der Waals surface area contributed by atoms with Crippen LogP contribution in [-0.2, 0) is 11.2 Å². The van der Waals surface area contributed by atoms with Gasteiger partial charge >= 0.3 is 12.3 Å². The first-order valence-corrected chi connectivity index (χ1v) is 7.31. The third-order valence-corrected chi connectivity index (χ3v) is 3.33. The smallest absolute Gasteiger partial charge is 0.508 e. The summed E-state index contributed by atoms with van der Waals surface area (Å²) in [6.07, 6.45) is -4.88. The third-order valence-electron chi connectivity index (χ3n) is 3.33. The highest BCUT2D eigenvalue weighted by Gasteiger charge is 2.31. The van der Waals surface area contributed by atoms with E-state index in [0.29, 0.717) is 5.56 Å². The summed E-state index contributed by atoms with van der Waals surface area (Å²) in [5.74, 6) is -2.50. The number of carbonyl (C=O) groups excluding carboxylic acids is 1. The van der Waals surface area contributed by atoms with Crippen molar-refractivity contribution >= 4 is 11.9 Å². The number of amides is 1. The molecule has 3 N–H and O–H groups in total. The van der Waals surface area contributed by atoms with E-state index in [0.717, 1.165) is 24.3 Å². The van der Waals surface area contributed by atoms with Gasteiger partial charge in [0.05, 0.1) is 0 Å². The van der Waals surface area contributed by atoms with E-state index in [2.05, 4.69) is 10.1 Å². The monoisotopic (exact) mass is 369 g/mol. The summed E-state index contributed by atoms with van der Waals surface area (Å²) < 4.78 is 40.0. The SMILES string of the molecule is O=C(NC(Cc1ccc(O)cc1)C(=O)O)c1ccc(OC(F)(F)F)cc1. The number of carbonyl (C=O) groups is 2. The third kappa shape index (κ3) is 5.69. The average molecular weight is 369 g/mol. The van der Waals surface area contributed by atoms with Gasteiger partial charge in [0.25, 0.3) is 5.91 Å². The number of alkyl halides is 3. The maximum Gasteiger partial charge on any atom is 0.573 e. The van der Waals surface area contributed by atoms with Crippen molar-refractivity contribution in [3.05, 3.63) is 59.7 Å². The largest absolute Gasteiger partial charge is 0.573 e. The molecule has 1 unspecified atom stereocenters. The lowest BCUT2D eigenvalue weighted by atomic mass is 10.1. The molecule has 0 saturated carbocycles. The lowest BCUT2D eigenvalue weighted by Gasteiger charge is -2.15. The Bertz CT molecular complexity index is 772. The zero-order valence-electron chi connectivity index (χ0n) is 13.2. The zero-order chi connectivity index (χ0) is 19.3. The molecule has 2 rings (SSSR count). The minimum Gasteiger partial charge on any atom is -0.508 e. The zero-order valence-corrected chi connectivity index (χ0v) is 13.2. The number of aromatic hydroxyl groups is 1. The van der Waals surface area contributed by atoms with E-state index in [1.54, 1.807) is 0 Å². The first kappa shape index (κ1) is 19.1. The number of phenolic OH excluding ortho intramolecular Hbond substituents is 1. The van der Waals surface area contributed by atoms with Crippen LogP contribution in [0, 0.1) is 0 Å². The van der Waals surface area contributed by atoms with Crippen LogP contribution in [0.1, 0.15) is 15.9 Å². The molecule has 0 fully saturated rings. The van der Waals surface area contributed by atoms with E-state index >= 15 is 0 Å². The molecule has 0 bridgehead atoms. The van der Waals surface area contributed by atoms with Crippen LogP contribution in [0.4, 0.5) is 13.2 Å². The van der Waals surface area contributed by atoms with E-state index in [1.807, 2.05) is 0 Å². The van der Waals surface area contributed by atoms with Crippen molar-refractivity contribution in [3.63, 3.8) is 0 Å². The average Bonchev–Trinajstić information content (AvgIpc) is 2.55. The van der Waals surface area contributed by atoms with Crippen LogP contribution in [0.15, 0.2) is 48.5 Å². The van der Waals surface area contributed by atoms with Crippen molar-refractivity contribution in [2.45, 2.75) is 18.8 Å². The molecule has 0 aliphatic rings. The fraction of sp³-hybridized carbons (Fsp3) is 0.176. The second-order valence-corrected chi connectivity index (χ2v) is 5.31. The number of benzene rings is 2. The summed E-state index contributed by atoms with van der Waals surface area (Å²) in [5.41, 5.74) is 0.556. The predicted octanol–water partition coefficient (Wildman–Crippen LogP) is 2.72. The molecule has 2 aromatic carbocycles. The van der Waals surface area contributed by atoms with Gasteiger partial charge in [-0.1, -0.05) is 12.1 Å². The van der Waals surface area contributed by atoms with Gasteiger partial charge in [-0.05, 0) is 42.0 Å². The van der Waals surface area contributed by atoms with Crippen molar-refractivity contribution < 1.29 is 37.7 Å². The molecule has 2 aromatic rings. The Kier molecular flexibility index (Phi) is 5.71. The predicted molar refractivity (Wildman–Crippen MR) is 83.8 cm³/mol. The van der Waals surface area contributed by atoms with Crippen molar-refractivity contribution in [3.8, 4) is 11.5 Å². The normalized spacial score (nSPS) is 12.3. The fourth-order valence-corrected chi connectivity index (χ4v) is 2.12. The van der Waals surface area contributed by atoms with Crippen molar-refractivity contribution in [2.24, 2.45) is 0 Å². The number of aliphatic carboxylic acids is 1. The van der Waals surface area contributed by atoms with Crippen molar-refractivity contribution in [1.29, 1.82) is 0 Å². The number of carboxylic acids is 1. The molecule has 6 nitrogen and oxygen atoms in total. The van der Waals surface area contributed by atoms with E-state index in [-0.39, 0.29) is 17.7 Å². The Morgan fingerprint density at radius 3 is 2.12 bits per heavy atom. The fourth-order valence-electron chi connectivity index (χ4n) is 2.12. The van der Waals surface area contributed by atoms with E-state index in [1.165, 1.54) is 24.3 Å². The lowest BCUT2D eigenvalue weighted by Crippen LogP contribution is -2.42. The van der Waals surface area contributed by atoms with Gasteiger partial charge in [-0.15, -0.1) is 13.2 Å². The van der Waals surface area contributed by atoms with Gasteiger partial charge in [0, 0.05) is 12.0 Å². The van der Waals surface area contributed by atoms with Gasteiger partial charge in [0.1, 0.15) is 17.5 Å². The molecule has 0 saturated heterocycles. The molecule has 26 heavy (non-hydrogen) atoms. The molecule has 1 amide bonds. The maximum atomic E-state index is 12.1. The number of carboxylic acid groups (broad SMARTS) is 1. The highest BCUT2D eigenvalue weighted by molar-refractivity contribution is 5.96. The Morgan fingerprint density at radius 2 is 1.62 bits per heavy atom. The van der Waals surface area contributed by atoms with Crippen LogP contribution < -0.4 is 10.1 Å². The molecule has 1 atom stereocenters.